The number of aliphatic hydroxyl groups is 1. The first-order valence-corrected chi connectivity index (χ1v) is 8.42. The van der Waals surface area contributed by atoms with Crippen LogP contribution < -0.4 is 0 Å². The van der Waals surface area contributed by atoms with Gasteiger partial charge in [-0.25, -0.2) is 4.79 Å². The first-order valence-electron chi connectivity index (χ1n) is 8.42. The summed E-state index contributed by atoms with van der Waals surface area (Å²) in [5.41, 5.74) is -1.86. The Balaban J connectivity index is 4.01. The number of carbonyl (C=O) groups excluding carboxylic acids is 1. The van der Waals surface area contributed by atoms with Gasteiger partial charge in [0.15, 0.2) is 5.60 Å². The predicted molar refractivity (Wildman–Crippen MR) is 85.7 cm³/mol. The van der Waals surface area contributed by atoms with E-state index in [1.54, 1.807) is 0 Å². The minimum Gasteiger partial charge on any atom is -0.479 e. The van der Waals surface area contributed by atoms with Crippen molar-refractivity contribution in [3.05, 3.63) is 0 Å². The van der Waals surface area contributed by atoms with Gasteiger partial charge in [0.1, 0.15) is 6.10 Å². The molecule has 5 nitrogen and oxygen atoms in total. The largest absolute Gasteiger partial charge is 0.479 e. The van der Waals surface area contributed by atoms with Crippen molar-refractivity contribution in [2.24, 2.45) is 0 Å². The maximum absolute atomic E-state index is 11.1. The molecule has 1 unspecified atom stereocenters. The van der Waals surface area contributed by atoms with Crippen LogP contribution in [-0.2, 0) is 14.3 Å². The summed E-state index contributed by atoms with van der Waals surface area (Å²) >= 11 is 0. The average molecular weight is 316 g/mol. The number of esters is 1. The van der Waals surface area contributed by atoms with Crippen molar-refractivity contribution in [2.75, 3.05) is 0 Å². The Kier molecular flexibility index (Phi) is 10.9. The minimum absolute atomic E-state index is 0.0710. The second-order valence-electron chi connectivity index (χ2n) is 6.28. The summed E-state index contributed by atoms with van der Waals surface area (Å²) in [5, 5.41) is 18.8. The van der Waals surface area contributed by atoms with E-state index >= 15 is 0 Å². The van der Waals surface area contributed by atoms with Crippen molar-refractivity contribution in [3.63, 3.8) is 0 Å². The van der Waals surface area contributed by atoms with Gasteiger partial charge in [0.05, 0.1) is 0 Å². The summed E-state index contributed by atoms with van der Waals surface area (Å²) in [5.74, 6) is -1.73. The van der Waals surface area contributed by atoms with Crippen LogP contribution >= 0.6 is 0 Å². The molecule has 0 aliphatic heterocycles. The zero-order valence-electron chi connectivity index (χ0n) is 14.3. The second kappa shape index (κ2) is 11.5. The molecule has 0 saturated heterocycles. The summed E-state index contributed by atoms with van der Waals surface area (Å²) in [6.07, 6.45) is 9.34. The maximum atomic E-state index is 11.1. The number of carbonyl (C=O) groups is 2. The van der Waals surface area contributed by atoms with Gasteiger partial charge in [0, 0.05) is 13.3 Å². The predicted octanol–water partition coefficient (Wildman–Crippen LogP) is 3.67. The Labute approximate surface area is 134 Å². The highest BCUT2D eigenvalue weighted by Gasteiger charge is 2.34. The fourth-order valence-electron chi connectivity index (χ4n) is 2.47. The summed E-state index contributed by atoms with van der Waals surface area (Å²) in [7, 11) is 0. The fraction of sp³-hybridized carbons (Fsp3) is 0.882. The van der Waals surface area contributed by atoms with E-state index in [9.17, 15) is 14.7 Å². The lowest BCUT2D eigenvalue weighted by molar-refractivity contribution is -0.164. The number of rotatable bonds is 13. The molecule has 2 N–H and O–H groups in total. The molecule has 0 aliphatic carbocycles. The second-order valence-corrected chi connectivity index (χ2v) is 6.28. The van der Waals surface area contributed by atoms with Crippen LogP contribution in [0.3, 0.4) is 0 Å². The van der Waals surface area contributed by atoms with Gasteiger partial charge >= 0.3 is 11.9 Å². The zero-order valence-corrected chi connectivity index (χ0v) is 14.3. The van der Waals surface area contributed by atoms with Crippen LogP contribution in [-0.4, -0.2) is 33.9 Å². The smallest absolute Gasteiger partial charge is 0.335 e. The molecule has 0 aromatic rings. The molecule has 2 atom stereocenters. The molecule has 130 valence electrons. The maximum Gasteiger partial charge on any atom is 0.335 e. The van der Waals surface area contributed by atoms with Crippen LogP contribution in [0.4, 0.5) is 0 Å². The van der Waals surface area contributed by atoms with Gasteiger partial charge in [0.2, 0.25) is 0 Å². The topological polar surface area (TPSA) is 83.8 Å². The van der Waals surface area contributed by atoms with E-state index in [1.165, 1.54) is 46.0 Å². The quantitative estimate of drug-likeness (QED) is 0.400. The Hall–Kier alpha value is -1.10. The summed E-state index contributed by atoms with van der Waals surface area (Å²) in [6, 6.07) is 0. The summed E-state index contributed by atoms with van der Waals surface area (Å²) < 4.78 is 5.13. The number of unbranched alkanes of at least 4 members (excludes halogenated alkanes) is 7. The van der Waals surface area contributed by atoms with E-state index in [0.29, 0.717) is 6.42 Å². The monoisotopic (exact) mass is 316 g/mol. The summed E-state index contributed by atoms with van der Waals surface area (Å²) in [4.78, 5) is 22.0. The van der Waals surface area contributed by atoms with Crippen molar-refractivity contribution in [3.8, 4) is 0 Å². The molecular weight excluding hydrogens is 284 g/mol. The highest BCUT2D eigenvalue weighted by atomic mass is 16.5. The number of carboxylic acids is 1. The van der Waals surface area contributed by atoms with Gasteiger partial charge in [-0.15, -0.1) is 0 Å². The van der Waals surface area contributed by atoms with Gasteiger partial charge in [-0.3, -0.25) is 4.79 Å². The molecule has 0 aromatic carbocycles. The van der Waals surface area contributed by atoms with Crippen LogP contribution in [0.2, 0.25) is 0 Å². The first kappa shape index (κ1) is 20.9. The van der Waals surface area contributed by atoms with Crippen molar-refractivity contribution < 1.29 is 24.5 Å². The average Bonchev–Trinajstić information content (AvgIpc) is 2.40. The van der Waals surface area contributed by atoms with Crippen molar-refractivity contribution in [1.29, 1.82) is 0 Å². The number of ether oxygens (including phenoxy) is 1. The summed E-state index contributed by atoms with van der Waals surface area (Å²) in [6.45, 7) is 4.73. The van der Waals surface area contributed by atoms with Crippen LogP contribution in [0, 0.1) is 0 Å². The van der Waals surface area contributed by atoms with E-state index in [4.69, 9.17) is 9.84 Å². The molecular formula is C17H32O5. The van der Waals surface area contributed by atoms with E-state index < -0.39 is 23.6 Å². The van der Waals surface area contributed by atoms with Gasteiger partial charge in [-0.1, -0.05) is 51.9 Å². The molecule has 0 rings (SSSR count). The van der Waals surface area contributed by atoms with E-state index in [-0.39, 0.29) is 6.42 Å². The normalized spacial score (nSPS) is 15.1. The highest BCUT2D eigenvalue weighted by molar-refractivity contribution is 5.76. The van der Waals surface area contributed by atoms with Gasteiger partial charge in [0.25, 0.3) is 0 Å². The number of carboxylic acid groups (broad SMARTS) is 1. The first-order chi connectivity index (χ1) is 10.3. The van der Waals surface area contributed by atoms with Gasteiger partial charge in [-0.2, -0.15) is 0 Å². The molecule has 22 heavy (non-hydrogen) atoms. The third-order valence-corrected chi connectivity index (χ3v) is 3.80. The molecule has 0 aliphatic rings. The SMILES string of the molecule is CCCCCCCCCCC(C[C@](C)(O)C(=O)O)OC(C)=O. The fourth-order valence-corrected chi connectivity index (χ4v) is 2.47. The van der Waals surface area contributed by atoms with E-state index in [2.05, 4.69) is 6.92 Å². The number of hydrogen-bond donors (Lipinski definition) is 2. The molecule has 0 bridgehead atoms. The molecule has 0 heterocycles. The lowest BCUT2D eigenvalue weighted by Gasteiger charge is -2.24. The van der Waals surface area contributed by atoms with Crippen LogP contribution in [0.15, 0.2) is 0 Å². The Bertz CT molecular complexity index is 325. The molecule has 0 amide bonds. The molecule has 0 saturated carbocycles. The molecule has 0 radical (unpaired) electrons. The molecule has 0 aromatic heterocycles. The Morgan fingerprint density at radius 3 is 2.00 bits per heavy atom. The third kappa shape index (κ3) is 10.6. The minimum atomic E-state index is -1.86. The van der Waals surface area contributed by atoms with E-state index in [1.807, 2.05) is 0 Å². The van der Waals surface area contributed by atoms with Crippen molar-refractivity contribution in [2.45, 2.75) is 96.7 Å². The van der Waals surface area contributed by atoms with Gasteiger partial charge in [-0.05, 0) is 19.8 Å². The van der Waals surface area contributed by atoms with Crippen LogP contribution in [0.5, 0.6) is 0 Å². The highest BCUT2D eigenvalue weighted by Crippen LogP contribution is 2.20. The molecule has 0 spiro atoms. The standard InChI is InChI=1S/C17H32O5/c1-4-5-6-7-8-9-10-11-12-15(22-14(2)18)13-17(3,21)16(19)20/h15,21H,4-13H2,1-3H3,(H,19,20)/t15?,17-/m0/s1. The van der Waals surface area contributed by atoms with Crippen LogP contribution in [0.1, 0.15) is 85.0 Å². The van der Waals surface area contributed by atoms with E-state index in [0.717, 1.165) is 19.3 Å². The van der Waals surface area contributed by atoms with Crippen LogP contribution in [0.25, 0.3) is 0 Å². The van der Waals surface area contributed by atoms with Gasteiger partial charge < -0.3 is 14.9 Å². The van der Waals surface area contributed by atoms with Crippen molar-refractivity contribution >= 4 is 11.9 Å². The lowest BCUT2D eigenvalue weighted by atomic mass is 9.95. The lowest BCUT2D eigenvalue weighted by Crippen LogP contribution is -2.39. The number of hydrogen-bond acceptors (Lipinski definition) is 4. The number of aliphatic carboxylic acids is 1. The Morgan fingerprint density at radius 2 is 1.55 bits per heavy atom. The zero-order chi connectivity index (χ0) is 17.0. The Morgan fingerprint density at radius 1 is 1.05 bits per heavy atom. The molecule has 5 heteroatoms. The van der Waals surface area contributed by atoms with Crippen molar-refractivity contribution in [1.82, 2.24) is 0 Å². The third-order valence-electron chi connectivity index (χ3n) is 3.80. The molecule has 0 fully saturated rings.